The molecule has 0 saturated heterocycles. The molecule has 3 heteroatoms. The number of nitrogens with zero attached hydrogens (tertiary/aromatic N) is 1. The first-order valence-electron chi connectivity index (χ1n) is 6.79. The molecule has 0 amide bonds. The lowest BCUT2D eigenvalue weighted by molar-refractivity contribution is 0.465. The Balaban J connectivity index is 1.94. The standard InChI is InChI=1S/C17H17NOS/c1-12-9-15-13(7-8-16(19)17(15)18-10-12)11-20-14-5-3-2-4-6-14/h2-9,12,19H,10-11H2,1H3/t12-/m0/s1. The summed E-state index contributed by atoms with van der Waals surface area (Å²) in [6, 6.07) is 14.1. The van der Waals surface area contributed by atoms with Gasteiger partial charge in [-0.05, 0) is 29.7 Å². The lowest BCUT2D eigenvalue weighted by atomic mass is 10.0. The average molecular weight is 283 g/mol. The molecule has 102 valence electrons. The Hall–Kier alpha value is -1.74. The first-order chi connectivity index (χ1) is 9.74. The van der Waals surface area contributed by atoms with Crippen LogP contribution in [0.5, 0.6) is 5.75 Å². The minimum Gasteiger partial charge on any atom is -0.506 e. The zero-order chi connectivity index (χ0) is 13.9. The summed E-state index contributed by atoms with van der Waals surface area (Å²) in [4.78, 5) is 5.76. The molecular formula is C17H17NOS. The van der Waals surface area contributed by atoms with E-state index in [1.165, 1.54) is 10.5 Å². The molecule has 0 unspecified atom stereocenters. The molecule has 0 radical (unpaired) electrons. The highest BCUT2D eigenvalue weighted by Gasteiger charge is 2.09. The summed E-state index contributed by atoms with van der Waals surface area (Å²) < 4.78 is 0. The van der Waals surface area contributed by atoms with E-state index in [1.807, 2.05) is 23.9 Å². The molecule has 1 N–H and O–H groups in total. The summed E-state index contributed by atoms with van der Waals surface area (Å²) in [5.74, 6) is 1.62. The topological polar surface area (TPSA) is 32.6 Å². The molecular weight excluding hydrogens is 266 g/mol. The van der Waals surface area contributed by atoms with E-state index < -0.39 is 0 Å². The number of rotatable bonds is 3. The molecule has 2 aromatic carbocycles. The van der Waals surface area contributed by atoms with Crippen LogP contribution in [0.2, 0.25) is 0 Å². The van der Waals surface area contributed by atoms with E-state index in [0.29, 0.717) is 5.92 Å². The zero-order valence-electron chi connectivity index (χ0n) is 11.4. The minimum absolute atomic E-state index is 0.289. The molecule has 2 aromatic rings. The molecule has 1 heterocycles. The third-order valence-electron chi connectivity index (χ3n) is 3.41. The lowest BCUT2D eigenvalue weighted by Crippen LogP contribution is -2.33. The molecule has 0 saturated carbocycles. The molecule has 1 atom stereocenters. The van der Waals surface area contributed by atoms with Gasteiger partial charge in [-0.3, -0.25) is 4.99 Å². The number of benzene rings is 2. The van der Waals surface area contributed by atoms with Gasteiger partial charge < -0.3 is 5.11 Å². The Bertz CT molecular complexity index is 725. The van der Waals surface area contributed by atoms with Gasteiger partial charge in [0.25, 0.3) is 0 Å². The van der Waals surface area contributed by atoms with Crippen LogP contribution in [0.25, 0.3) is 6.08 Å². The number of fused-ring (bicyclic) bond motifs is 1. The van der Waals surface area contributed by atoms with E-state index in [-0.39, 0.29) is 5.75 Å². The highest BCUT2D eigenvalue weighted by Crippen LogP contribution is 2.21. The van der Waals surface area contributed by atoms with Gasteiger partial charge in [0, 0.05) is 22.4 Å². The lowest BCUT2D eigenvalue weighted by Gasteiger charge is -2.11. The molecule has 2 nitrogen and oxygen atoms in total. The number of phenolic OH excluding ortho intramolecular Hbond substituents is 1. The smallest absolute Gasteiger partial charge is 0.141 e. The fourth-order valence-electron chi connectivity index (χ4n) is 2.37. The van der Waals surface area contributed by atoms with Crippen LogP contribution < -0.4 is 10.6 Å². The second kappa shape index (κ2) is 5.71. The Morgan fingerprint density at radius 1 is 1.20 bits per heavy atom. The Labute approximate surface area is 122 Å². The van der Waals surface area contributed by atoms with E-state index in [0.717, 1.165) is 22.9 Å². The maximum absolute atomic E-state index is 9.93. The van der Waals surface area contributed by atoms with Gasteiger partial charge in [0.1, 0.15) is 11.1 Å². The summed E-state index contributed by atoms with van der Waals surface area (Å²) in [7, 11) is 0. The molecule has 1 aliphatic heterocycles. The Morgan fingerprint density at radius 3 is 2.80 bits per heavy atom. The van der Waals surface area contributed by atoms with Gasteiger partial charge in [-0.1, -0.05) is 37.3 Å². The van der Waals surface area contributed by atoms with Crippen molar-refractivity contribution >= 4 is 17.8 Å². The second-order valence-corrected chi connectivity index (χ2v) is 6.14. The summed E-state index contributed by atoms with van der Waals surface area (Å²) in [5.41, 5.74) is 1.24. The summed E-state index contributed by atoms with van der Waals surface area (Å²) in [5, 5.41) is 11.8. The summed E-state index contributed by atoms with van der Waals surface area (Å²) in [6.07, 6.45) is 2.23. The third kappa shape index (κ3) is 2.73. The molecule has 20 heavy (non-hydrogen) atoms. The van der Waals surface area contributed by atoms with Crippen LogP contribution in [0.1, 0.15) is 12.5 Å². The van der Waals surface area contributed by atoms with Gasteiger partial charge in [-0.25, -0.2) is 0 Å². The average Bonchev–Trinajstić information content (AvgIpc) is 2.47. The molecule has 0 spiro atoms. The van der Waals surface area contributed by atoms with Crippen LogP contribution in [0.4, 0.5) is 0 Å². The summed E-state index contributed by atoms with van der Waals surface area (Å²) in [6.45, 7) is 2.92. The first kappa shape index (κ1) is 13.3. The second-order valence-electron chi connectivity index (χ2n) is 5.09. The maximum Gasteiger partial charge on any atom is 0.141 e. The molecule has 0 aliphatic carbocycles. The zero-order valence-corrected chi connectivity index (χ0v) is 12.2. The fraction of sp³-hybridized carbons (Fsp3) is 0.235. The van der Waals surface area contributed by atoms with E-state index in [1.54, 1.807) is 6.07 Å². The molecule has 3 rings (SSSR count). The maximum atomic E-state index is 9.93. The van der Waals surface area contributed by atoms with Crippen LogP contribution in [-0.4, -0.2) is 11.7 Å². The van der Waals surface area contributed by atoms with Crippen molar-refractivity contribution in [2.75, 3.05) is 6.54 Å². The normalized spacial score (nSPS) is 16.9. The van der Waals surface area contributed by atoms with Gasteiger partial charge in [0.2, 0.25) is 0 Å². The van der Waals surface area contributed by atoms with Crippen LogP contribution in [-0.2, 0) is 5.75 Å². The van der Waals surface area contributed by atoms with E-state index in [2.05, 4.69) is 42.3 Å². The predicted octanol–water partition coefficient (Wildman–Crippen LogP) is 2.73. The third-order valence-corrected chi connectivity index (χ3v) is 4.47. The van der Waals surface area contributed by atoms with Crippen molar-refractivity contribution in [3.8, 4) is 5.75 Å². The van der Waals surface area contributed by atoms with Crippen molar-refractivity contribution in [1.29, 1.82) is 0 Å². The Morgan fingerprint density at radius 2 is 2.00 bits per heavy atom. The number of thioether (sulfide) groups is 1. The minimum atomic E-state index is 0.289. The van der Waals surface area contributed by atoms with Gasteiger partial charge in [0.05, 0.1) is 0 Å². The van der Waals surface area contributed by atoms with Crippen molar-refractivity contribution in [2.45, 2.75) is 17.6 Å². The van der Waals surface area contributed by atoms with Crippen molar-refractivity contribution in [3.63, 3.8) is 0 Å². The monoisotopic (exact) mass is 283 g/mol. The summed E-state index contributed by atoms with van der Waals surface area (Å²) >= 11 is 1.81. The van der Waals surface area contributed by atoms with Crippen molar-refractivity contribution in [1.82, 2.24) is 0 Å². The SMILES string of the molecule is C[C@H]1C=c2c(CSc3ccccc3)ccc(O)c2=NC1. The first-order valence-corrected chi connectivity index (χ1v) is 7.77. The van der Waals surface area contributed by atoms with Gasteiger partial charge >= 0.3 is 0 Å². The molecule has 0 fully saturated rings. The van der Waals surface area contributed by atoms with E-state index in [4.69, 9.17) is 0 Å². The Kier molecular flexibility index (Phi) is 3.79. The quantitative estimate of drug-likeness (QED) is 0.879. The molecule has 0 bridgehead atoms. The molecule has 1 aliphatic rings. The number of hydrogen-bond donors (Lipinski definition) is 1. The van der Waals surface area contributed by atoms with Crippen LogP contribution >= 0.6 is 11.8 Å². The largest absolute Gasteiger partial charge is 0.506 e. The van der Waals surface area contributed by atoms with Crippen LogP contribution in [0.3, 0.4) is 0 Å². The van der Waals surface area contributed by atoms with E-state index >= 15 is 0 Å². The molecule has 0 aromatic heterocycles. The van der Waals surface area contributed by atoms with Crippen molar-refractivity contribution in [3.05, 3.63) is 58.6 Å². The highest BCUT2D eigenvalue weighted by molar-refractivity contribution is 7.98. The predicted molar refractivity (Wildman–Crippen MR) is 83.4 cm³/mol. The van der Waals surface area contributed by atoms with Crippen LogP contribution in [0.15, 0.2) is 52.4 Å². The van der Waals surface area contributed by atoms with Gasteiger partial charge in [-0.15, -0.1) is 11.8 Å². The highest BCUT2D eigenvalue weighted by atomic mass is 32.2. The van der Waals surface area contributed by atoms with Crippen molar-refractivity contribution < 1.29 is 5.11 Å². The number of hydrogen-bond acceptors (Lipinski definition) is 3. The number of phenols is 1. The fourth-order valence-corrected chi connectivity index (χ4v) is 3.29. The number of aromatic hydroxyl groups is 1. The van der Waals surface area contributed by atoms with Crippen molar-refractivity contribution in [2.24, 2.45) is 10.9 Å². The van der Waals surface area contributed by atoms with E-state index in [9.17, 15) is 5.11 Å². The van der Waals surface area contributed by atoms with Gasteiger partial charge in [0.15, 0.2) is 0 Å². The van der Waals surface area contributed by atoms with Crippen LogP contribution in [0, 0.1) is 5.92 Å². The van der Waals surface area contributed by atoms with Gasteiger partial charge in [-0.2, -0.15) is 0 Å².